The fourth-order valence-corrected chi connectivity index (χ4v) is 2.28. The third-order valence-corrected chi connectivity index (χ3v) is 3.74. The summed E-state index contributed by atoms with van der Waals surface area (Å²) in [6, 6.07) is 0. The number of unbranched alkanes of at least 4 members (excludes halogenated alkanes) is 4. The van der Waals surface area contributed by atoms with Gasteiger partial charge in [-0.15, -0.1) is 0 Å². The molecule has 1 rings (SSSR count). The molecule has 1 unspecified atom stereocenters. The molecule has 0 aromatic carbocycles. The highest BCUT2D eigenvalue weighted by Crippen LogP contribution is 2.40. The molecule has 1 aliphatic heterocycles. The summed E-state index contributed by atoms with van der Waals surface area (Å²) in [5.41, 5.74) is 7.38. The number of azide groups is 1. The predicted molar refractivity (Wildman–Crippen MR) is 72.6 cm³/mol. The van der Waals surface area contributed by atoms with Crippen LogP contribution in [0.2, 0.25) is 0 Å². The molecule has 110 valence electrons. The van der Waals surface area contributed by atoms with Gasteiger partial charge in [0.05, 0.1) is 19.3 Å². The SMILES string of the molecule is CCCCCCCOC[C@H]1OC(CO)(N=[N+]=[N-])[C@@H]1C. The van der Waals surface area contributed by atoms with Gasteiger partial charge in [-0.1, -0.05) is 44.6 Å². The zero-order valence-electron chi connectivity index (χ0n) is 11.9. The third-order valence-electron chi connectivity index (χ3n) is 3.74. The molecule has 1 heterocycles. The molecule has 0 aliphatic carbocycles. The molecule has 19 heavy (non-hydrogen) atoms. The molecule has 3 atom stereocenters. The number of aliphatic hydroxyl groups is 1. The second-order valence-corrected chi connectivity index (χ2v) is 5.13. The summed E-state index contributed by atoms with van der Waals surface area (Å²) in [5, 5.41) is 12.8. The van der Waals surface area contributed by atoms with Crippen LogP contribution in [-0.4, -0.2) is 36.8 Å². The minimum absolute atomic E-state index is 0.0199. The lowest BCUT2D eigenvalue weighted by atomic mass is 9.86. The summed E-state index contributed by atoms with van der Waals surface area (Å²) in [6.07, 6.45) is 5.98. The van der Waals surface area contributed by atoms with E-state index in [4.69, 9.17) is 15.0 Å². The van der Waals surface area contributed by atoms with Crippen LogP contribution in [0.15, 0.2) is 5.11 Å². The Morgan fingerprint density at radius 3 is 2.68 bits per heavy atom. The molecule has 1 aliphatic rings. The molecular weight excluding hydrogens is 246 g/mol. The summed E-state index contributed by atoms with van der Waals surface area (Å²) < 4.78 is 11.0. The van der Waals surface area contributed by atoms with Gasteiger partial charge in [-0.3, -0.25) is 0 Å². The number of hydrogen-bond acceptors (Lipinski definition) is 4. The van der Waals surface area contributed by atoms with Crippen LogP contribution < -0.4 is 0 Å². The van der Waals surface area contributed by atoms with Gasteiger partial charge in [0.25, 0.3) is 0 Å². The molecule has 0 saturated carbocycles. The average Bonchev–Trinajstić information content (AvgIpc) is 2.43. The van der Waals surface area contributed by atoms with Crippen LogP contribution in [0.5, 0.6) is 0 Å². The number of ether oxygens (including phenoxy) is 2. The number of aliphatic hydroxyl groups excluding tert-OH is 1. The highest BCUT2D eigenvalue weighted by molar-refractivity contribution is 4.97. The van der Waals surface area contributed by atoms with Gasteiger partial charge in [0, 0.05) is 17.4 Å². The summed E-state index contributed by atoms with van der Waals surface area (Å²) in [5.74, 6) is -0.0199. The molecule has 0 bridgehead atoms. The Bertz CT molecular complexity index is 308. The van der Waals surface area contributed by atoms with Gasteiger partial charge in [-0.2, -0.15) is 0 Å². The lowest BCUT2D eigenvalue weighted by Crippen LogP contribution is -2.61. The Hall–Kier alpha value is -0.810. The molecule has 0 aromatic heterocycles. The maximum atomic E-state index is 9.22. The van der Waals surface area contributed by atoms with E-state index in [2.05, 4.69) is 16.9 Å². The van der Waals surface area contributed by atoms with E-state index in [1.165, 1.54) is 25.7 Å². The average molecular weight is 271 g/mol. The number of nitrogens with zero attached hydrogens (tertiary/aromatic N) is 3. The molecule has 0 spiro atoms. The highest BCUT2D eigenvalue weighted by Gasteiger charge is 2.52. The molecule has 6 nitrogen and oxygen atoms in total. The largest absolute Gasteiger partial charge is 0.393 e. The minimum atomic E-state index is -1.08. The van der Waals surface area contributed by atoms with Crippen molar-refractivity contribution in [1.82, 2.24) is 0 Å². The normalized spacial score (nSPS) is 29.6. The van der Waals surface area contributed by atoms with E-state index in [1.54, 1.807) is 0 Å². The Kier molecular flexibility index (Phi) is 7.16. The van der Waals surface area contributed by atoms with E-state index in [1.807, 2.05) is 6.92 Å². The molecule has 1 fully saturated rings. The van der Waals surface area contributed by atoms with Crippen LogP contribution >= 0.6 is 0 Å². The fraction of sp³-hybridized carbons (Fsp3) is 1.00. The first-order valence-corrected chi connectivity index (χ1v) is 7.13. The molecule has 1 N–H and O–H groups in total. The molecular formula is C13H25N3O3. The lowest BCUT2D eigenvalue weighted by molar-refractivity contribution is -0.277. The second kappa shape index (κ2) is 8.38. The van der Waals surface area contributed by atoms with Gasteiger partial charge in [-0.05, 0) is 12.0 Å². The van der Waals surface area contributed by atoms with E-state index in [9.17, 15) is 5.11 Å². The van der Waals surface area contributed by atoms with E-state index < -0.39 is 5.72 Å². The monoisotopic (exact) mass is 271 g/mol. The number of rotatable bonds is 10. The Labute approximate surface area is 114 Å². The number of hydrogen-bond donors (Lipinski definition) is 1. The second-order valence-electron chi connectivity index (χ2n) is 5.13. The molecule has 0 amide bonds. The summed E-state index contributed by atoms with van der Waals surface area (Å²) in [7, 11) is 0. The zero-order valence-corrected chi connectivity index (χ0v) is 11.9. The fourth-order valence-electron chi connectivity index (χ4n) is 2.28. The van der Waals surface area contributed by atoms with Crippen LogP contribution in [-0.2, 0) is 9.47 Å². The standard InChI is InChI=1S/C13H25N3O3/c1-3-4-5-6-7-8-18-9-12-11(2)13(10-17,19-12)15-16-14/h11-12,17H,3-10H2,1-2H3/t11-,12-,13?/m1/s1. The lowest BCUT2D eigenvalue weighted by Gasteiger charge is -2.49. The molecule has 0 aromatic rings. The van der Waals surface area contributed by atoms with E-state index in [0.29, 0.717) is 6.61 Å². The van der Waals surface area contributed by atoms with Crippen LogP contribution in [0.3, 0.4) is 0 Å². The van der Waals surface area contributed by atoms with Crippen LogP contribution in [0.4, 0.5) is 0 Å². The zero-order chi connectivity index (χ0) is 14.1. The van der Waals surface area contributed by atoms with Crippen molar-refractivity contribution in [2.45, 2.75) is 57.8 Å². The van der Waals surface area contributed by atoms with Crippen molar-refractivity contribution in [3.05, 3.63) is 10.4 Å². The van der Waals surface area contributed by atoms with Crippen molar-refractivity contribution in [2.24, 2.45) is 11.0 Å². The maximum absolute atomic E-state index is 9.22. The van der Waals surface area contributed by atoms with Gasteiger partial charge in [0.15, 0.2) is 5.72 Å². The van der Waals surface area contributed by atoms with E-state index in [-0.39, 0.29) is 18.6 Å². The van der Waals surface area contributed by atoms with Gasteiger partial charge in [0.1, 0.15) is 0 Å². The minimum Gasteiger partial charge on any atom is -0.393 e. The first kappa shape index (κ1) is 16.2. The summed E-state index contributed by atoms with van der Waals surface area (Å²) >= 11 is 0. The molecule has 6 heteroatoms. The van der Waals surface area contributed by atoms with Crippen molar-refractivity contribution >= 4 is 0 Å². The van der Waals surface area contributed by atoms with Crippen molar-refractivity contribution in [1.29, 1.82) is 0 Å². The van der Waals surface area contributed by atoms with Crippen LogP contribution in [0, 0.1) is 5.92 Å². The molecule has 1 saturated heterocycles. The maximum Gasteiger partial charge on any atom is 0.175 e. The quantitative estimate of drug-likeness (QED) is 0.287. The third kappa shape index (κ3) is 4.35. The Morgan fingerprint density at radius 1 is 1.37 bits per heavy atom. The van der Waals surface area contributed by atoms with E-state index in [0.717, 1.165) is 13.0 Å². The Morgan fingerprint density at radius 2 is 2.11 bits per heavy atom. The summed E-state index contributed by atoms with van der Waals surface area (Å²) in [6.45, 7) is 5.06. The highest BCUT2D eigenvalue weighted by atomic mass is 16.6. The predicted octanol–water partition coefficient (Wildman–Crippen LogP) is 3.01. The van der Waals surface area contributed by atoms with Gasteiger partial charge < -0.3 is 14.6 Å². The first-order valence-electron chi connectivity index (χ1n) is 7.13. The smallest absolute Gasteiger partial charge is 0.175 e. The van der Waals surface area contributed by atoms with Crippen molar-refractivity contribution in [3.63, 3.8) is 0 Å². The van der Waals surface area contributed by atoms with Gasteiger partial charge in [0.2, 0.25) is 0 Å². The van der Waals surface area contributed by atoms with Crippen molar-refractivity contribution in [2.75, 3.05) is 19.8 Å². The van der Waals surface area contributed by atoms with Crippen molar-refractivity contribution in [3.8, 4) is 0 Å². The first-order chi connectivity index (χ1) is 9.20. The van der Waals surface area contributed by atoms with Gasteiger partial charge >= 0.3 is 0 Å². The van der Waals surface area contributed by atoms with Crippen LogP contribution in [0.1, 0.15) is 46.0 Å². The van der Waals surface area contributed by atoms with Crippen molar-refractivity contribution < 1.29 is 14.6 Å². The van der Waals surface area contributed by atoms with Gasteiger partial charge in [-0.25, -0.2) is 0 Å². The topological polar surface area (TPSA) is 87.5 Å². The molecule has 0 radical (unpaired) electrons. The Balaban J connectivity index is 2.11. The van der Waals surface area contributed by atoms with Crippen LogP contribution in [0.25, 0.3) is 10.4 Å². The summed E-state index contributed by atoms with van der Waals surface area (Å²) in [4.78, 5) is 2.72. The van der Waals surface area contributed by atoms with E-state index >= 15 is 0 Å².